The quantitative estimate of drug-likeness (QED) is 0.563. The molecule has 3 aromatic rings. The molecule has 0 bridgehead atoms. The van der Waals surface area contributed by atoms with E-state index in [1.807, 2.05) is 61.2 Å². The highest BCUT2D eigenvalue weighted by atomic mass is 35.5. The van der Waals surface area contributed by atoms with Crippen LogP contribution in [-0.4, -0.2) is 26.9 Å². The summed E-state index contributed by atoms with van der Waals surface area (Å²) in [4.78, 5) is 19.7. The number of nitrogens with zero attached hydrogens (tertiary/aromatic N) is 2. The van der Waals surface area contributed by atoms with Crippen LogP contribution in [0, 0.1) is 19.8 Å². The van der Waals surface area contributed by atoms with Gasteiger partial charge in [0.1, 0.15) is 11.8 Å². The van der Waals surface area contributed by atoms with E-state index in [2.05, 4.69) is 15.8 Å². The lowest BCUT2D eigenvalue weighted by Gasteiger charge is -2.31. The first kappa shape index (κ1) is 20.9. The third-order valence-corrected chi connectivity index (χ3v) is 6.93. The van der Waals surface area contributed by atoms with E-state index in [9.17, 15) is 9.90 Å². The highest BCUT2D eigenvalue weighted by molar-refractivity contribution is 6.30. The average molecular weight is 449 g/mol. The molecule has 5 rings (SSSR count). The van der Waals surface area contributed by atoms with Crippen LogP contribution in [-0.2, 0) is 11.3 Å². The lowest BCUT2D eigenvalue weighted by atomic mass is 9.82. The van der Waals surface area contributed by atoms with Gasteiger partial charge in [0.15, 0.2) is 0 Å². The molecule has 4 unspecified atom stereocenters. The Morgan fingerprint density at radius 2 is 1.78 bits per heavy atom. The van der Waals surface area contributed by atoms with E-state index in [0.717, 1.165) is 27.8 Å². The summed E-state index contributed by atoms with van der Waals surface area (Å²) in [6.45, 7) is 4.47. The fourth-order valence-electron chi connectivity index (χ4n) is 4.96. The van der Waals surface area contributed by atoms with Crippen molar-refractivity contribution in [3.8, 4) is 5.75 Å². The van der Waals surface area contributed by atoms with Crippen molar-refractivity contribution >= 4 is 17.5 Å². The first-order valence-corrected chi connectivity index (χ1v) is 11.1. The molecule has 2 fully saturated rings. The third-order valence-electron chi connectivity index (χ3n) is 6.68. The number of halogens is 1. The number of aromatic nitrogens is 1. The number of nitrogens with one attached hydrogen (secondary N) is 2. The van der Waals surface area contributed by atoms with Gasteiger partial charge in [-0.05, 0) is 60.4 Å². The van der Waals surface area contributed by atoms with Crippen LogP contribution in [0.5, 0.6) is 5.75 Å². The number of pyridine rings is 1. The van der Waals surface area contributed by atoms with Crippen molar-refractivity contribution in [1.29, 1.82) is 0 Å². The monoisotopic (exact) mass is 448 g/mol. The third kappa shape index (κ3) is 3.54. The zero-order valence-corrected chi connectivity index (χ0v) is 18.7. The Labute approximate surface area is 192 Å². The van der Waals surface area contributed by atoms with Crippen LogP contribution in [0.25, 0.3) is 0 Å². The van der Waals surface area contributed by atoms with Gasteiger partial charge in [-0.2, -0.15) is 0 Å². The summed E-state index contributed by atoms with van der Waals surface area (Å²) >= 11 is 6.16. The number of benzene rings is 2. The molecule has 164 valence electrons. The molecule has 0 radical (unpaired) electrons. The summed E-state index contributed by atoms with van der Waals surface area (Å²) in [5.74, 6) is 0.145. The lowest BCUT2D eigenvalue weighted by Crippen LogP contribution is -2.41. The smallest absolute Gasteiger partial charge is 0.242 e. The van der Waals surface area contributed by atoms with Gasteiger partial charge in [0.05, 0.1) is 12.1 Å². The molecule has 6 nitrogen and oxygen atoms in total. The Balaban J connectivity index is 1.59. The topological polar surface area (TPSA) is 77.5 Å². The zero-order valence-electron chi connectivity index (χ0n) is 17.9. The number of phenols is 1. The number of rotatable bonds is 4. The molecule has 7 heteroatoms. The van der Waals surface area contributed by atoms with E-state index in [-0.39, 0.29) is 29.7 Å². The second kappa shape index (κ2) is 8.20. The molecule has 3 heterocycles. The van der Waals surface area contributed by atoms with Gasteiger partial charge in [0.25, 0.3) is 0 Å². The van der Waals surface area contributed by atoms with Crippen molar-refractivity contribution in [2.24, 2.45) is 5.92 Å². The van der Waals surface area contributed by atoms with Gasteiger partial charge in [-0.1, -0.05) is 35.9 Å². The maximum Gasteiger partial charge on any atom is 0.242 e. The number of carbonyl (C=O) groups excluding carboxylic acids is 1. The Bertz CT molecular complexity index is 1150. The molecular formula is C25H25ClN4O2. The van der Waals surface area contributed by atoms with Crippen molar-refractivity contribution < 1.29 is 9.90 Å². The van der Waals surface area contributed by atoms with Gasteiger partial charge < -0.3 is 10.0 Å². The molecule has 2 aromatic carbocycles. The largest absolute Gasteiger partial charge is 0.508 e. The van der Waals surface area contributed by atoms with Gasteiger partial charge in [-0.25, -0.2) is 10.9 Å². The number of aryl methyl sites for hydroxylation is 2. The number of amides is 1. The fourth-order valence-corrected chi connectivity index (χ4v) is 5.09. The molecule has 2 aliphatic heterocycles. The molecule has 2 aliphatic rings. The van der Waals surface area contributed by atoms with Crippen molar-refractivity contribution in [2.45, 2.75) is 38.5 Å². The minimum Gasteiger partial charge on any atom is -0.508 e. The van der Waals surface area contributed by atoms with Gasteiger partial charge in [-0.3, -0.25) is 9.78 Å². The molecule has 3 N–H and O–H groups in total. The minimum absolute atomic E-state index is 0.0251. The molecule has 32 heavy (non-hydrogen) atoms. The van der Waals surface area contributed by atoms with Crippen molar-refractivity contribution in [1.82, 2.24) is 20.7 Å². The number of likely N-dealkylation sites (tertiary alicyclic amines) is 1. The Hall–Kier alpha value is -2.93. The molecule has 1 aromatic heterocycles. The van der Waals surface area contributed by atoms with Crippen molar-refractivity contribution in [3.05, 3.63) is 93.8 Å². The van der Waals surface area contributed by atoms with E-state index in [1.54, 1.807) is 18.5 Å². The molecule has 2 saturated heterocycles. The first-order valence-electron chi connectivity index (χ1n) is 10.7. The standard InChI is InChI=1S/C25H25ClN4O2/c1-14-10-19(20(31)11-15(14)2)22-21-23(29-28-22)25(32)30(13-16-4-3-9-27-12-16)24(21)17-5-7-18(26)8-6-17/h3-12,21-24,28-29,31H,13H2,1-2H3. The first-order chi connectivity index (χ1) is 15.4. The molecule has 0 spiro atoms. The normalized spacial score (nSPS) is 24.7. The fraction of sp³-hybridized carbons (Fsp3) is 0.280. The summed E-state index contributed by atoms with van der Waals surface area (Å²) in [5.41, 5.74) is 11.4. The lowest BCUT2D eigenvalue weighted by molar-refractivity contribution is -0.131. The van der Waals surface area contributed by atoms with Gasteiger partial charge in [0.2, 0.25) is 5.91 Å². The summed E-state index contributed by atoms with van der Waals surface area (Å²) < 4.78 is 0. The minimum atomic E-state index is -0.404. The summed E-state index contributed by atoms with van der Waals surface area (Å²) in [6.07, 6.45) is 3.52. The number of phenolic OH excluding ortho intramolecular Hbond substituents is 1. The number of fused-ring (bicyclic) bond motifs is 1. The van der Waals surface area contributed by atoms with E-state index < -0.39 is 6.04 Å². The number of aromatic hydroxyl groups is 1. The van der Waals surface area contributed by atoms with Crippen LogP contribution in [0.4, 0.5) is 0 Å². The zero-order chi connectivity index (χ0) is 22.4. The number of hydrogen-bond acceptors (Lipinski definition) is 5. The van der Waals surface area contributed by atoms with Crippen LogP contribution in [0.15, 0.2) is 60.9 Å². The number of hydrazine groups is 1. The van der Waals surface area contributed by atoms with Crippen LogP contribution >= 0.6 is 11.6 Å². The highest BCUT2D eigenvalue weighted by Crippen LogP contribution is 2.49. The van der Waals surface area contributed by atoms with Crippen molar-refractivity contribution in [2.75, 3.05) is 0 Å². The summed E-state index contributed by atoms with van der Waals surface area (Å²) in [7, 11) is 0. The number of carbonyl (C=O) groups is 1. The van der Waals surface area contributed by atoms with Gasteiger partial charge in [0, 0.05) is 35.4 Å². The molecule has 0 aliphatic carbocycles. The van der Waals surface area contributed by atoms with Crippen LogP contribution < -0.4 is 10.9 Å². The molecule has 1 amide bonds. The number of hydrogen-bond donors (Lipinski definition) is 3. The Morgan fingerprint density at radius 1 is 1.06 bits per heavy atom. The Kier molecular flexibility index (Phi) is 5.37. The van der Waals surface area contributed by atoms with E-state index in [1.165, 1.54) is 0 Å². The van der Waals surface area contributed by atoms with Crippen molar-refractivity contribution in [3.63, 3.8) is 0 Å². The van der Waals surface area contributed by atoms with E-state index in [4.69, 9.17) is 11.6 Å². The van der Waals surface area contributed by atoms with Crippen LogP contribution in [0.2, 0.25) is 5.02 Å². The second-order valence-corrected chi connectivity index (χ2v) is 9.08. The predicted molar refractivity (Wildman–Crippen MR) is 123 cm³/mol. The maximum absolute atomic E-state index is 13.5. The van der Waals surface area contributed by atoms with Gasteiger partial charge in [-0.15, -0.1) is 0 Å². The molecule has 0 saturated carbocycles. The highest BCUT2D eigenvalue weighted by Gasteiger charge is 2.55. The predicted octanol–water partition coefficient (Wildman–Crippen LogP) is 3.97. The molecular weight excluding hydrogens is 424 g/mol. The summed E-state index contributed by atoms with van der Waals surface area (Å²) in [5, 5.41) is 11.4. The summed E-state index contributed by atoms with van der Waals surface area (Å²) in [6, 6.07) is 14.5. The second-order valence-electron chi connectivity index (χ2n) is 8.64. The van der Waals surface area contributed by atoms with Crippen LogP contribution in [0.1, 0.15) is 39.9 Å². The average Bonchev–Trinajstić information content (AvgIpc) is 3.32. The van der Waals surface area contributed by atoms with Gasteiger partial charge >= 0.3 is 0 Å². The maximum atomic E-state index is 13.5. The SMILES string of the molecule is Cc1cc(O)c(C2NNC3C(=O)N(Cc4cccnc4)C(c4ccc(Cl)cc4)C32)cc1C. The van der Waals surface area contributed by atoms with E-state index in [0.29, 0.717) is 11.6 Å². The Morgan fingerprint density at radius 3 is 2.50 bits per heavy atom. The van der Waals surface area contributed by atoms with Crippen LogP contribution in [0.3, 0.4) is 0 Å². The molecule has 4 atom stereocenters. The van der Waals surface area contributed by atoms with E-state index >= 15 is 0 Å².